The summed E-state index contributed by atoms with van der Waals surface area (Å²) in [7, 11) is 0. The van der Waals surface area contributed by atoms with Crippen LogP contribution >= 0.6 is 0 Å². The average Bonchev–Trinajstić information content (AvgIpc) is 2.72. The monoisotopic (exact) mass is 376 g/mol. The number of aromatic hydroxyl groups is 2. The molecule has 138 valence electrons. The van der Waals surface area contributed by atoms with Gasteiger partial charge in [-0.3, -0.25) is 0 Å². The van der Waals surface area contributed by atoms with Crippen molar-refractivity contribution >= 4 is 0 Å². The Morgan fingerprint density at radius 3 is 1.36 bits per heavy atom. The van der Waals surface area contributed by atoms with E-state index in [1.54, 1.807) is 36.4 Å². The smallest absolute Gasteiger partial charge is 0.125 e. The van der Waals surface area contributed by atoms with E-state index in [4.69, 9.17) is 0 Å². The van der Waals surface area contributed by atoms with Crippen LogP contribution in [-0.4, -0.2) is 20.2 Å². The van der Waals surface area contributed by atoms with Crippen molar-refractivity contribution in [2.24, 2.45) is 0 Å². The maximum Gasteiger partial charge on any atom is 0.125 e. The highest BCUT2D eigenvalue weighted by Gasteiger charge is 2.12. The number of hydrogen-bond donors (Lipinski definition) is 2. The summed E-state index contributed by atoms with van der Waals surface area (Å²) in [5.74, 6) is -1.14. The van der Waals surface area contributed by atoms with Crippen molar-refractivity contribution in [1.29, 1.82) is 0 Å². The van der Waals surface area contributed by atoms with Crippen LogP contribution in [0.1, 0.15) is 0 Å². The number of benzene rings is 2. The average molecular weight is 376 g/mol. The number of phenols is 2. The van der Waals surface area contributed by atoms with Crippen molar-refractivity contribution in [3.63, 3.8) is 0 Å². The van der Waals surface area contributed by atoms with Crippen LogP contribution in [0, 0.1) is 11.6 Å². The van der Waals surface area contributed by atoms with Crippen LogP contribution in [0.15, 0.2) is 72.8 Å². The molecule has 6 heteroatoms. The second-order valence-corrected chi connectivity index (χ2v) is 6.14. The molecule has 0 saturated carbocycles. The van der Waals surface area contributed by atoms with Gasteiger partial charge in [-0.2, -0.15) is 0 Å². The number of halogens is 2. The maximum atomic E-state index is 13.6. The van der Waals surface area contributed by atoms with Crippen LogP contribution in [0.5, 0.6) is 11.5 Å². The van der Waals surface area contributed by atoms with Gasteiger partial charge in [-0.25, -0.2) is 18.7 Å². The molecule has 0 fully saturated rings. The predicted octanol–water partition coefficient (Wildman–Crippen LogP) is 5.17. The van der Waals surface area contributed by atoms with Gasteiger partial charge in [0.05, 0.1) is 22.8 Å². The zero-order valence-corrected chi connectivity index (χ0v) is 14.5. The fourth-order valence-corrected chi connectivity index (χ4v) is 2.88. The molecule has 0 unspecified atom stereocenters. The second kappa shape index (κ2) is 7.08. The Morgan fingerprint density at radius 2 is 0.929 bits per heavy atom. The number of phenolic OH excluding ortho intramolecular Hbond substituents is 2. The molecule has 4 aromatic rings. The third kappa shape index (κ3) is 3.40. The molecule has 0 amide bonds. The van der Waals surface area contributed by atoms with Gasteiger partial charge in [0.2, 0.25) is 0 Å². The molecule has 4 rings (SSSR count). The Hall–Kier alpha value is -3.80. The lowest BCUT2D eigenvalue weighted by atomic mass is 10.1. The second-order valence-electron chi connectivity index (χ2n) is 6.14. The minimum Gasteiger partial charge on any atom is -0.507 e. The van der Waals surface area contributed by atoms with Crippen LogP contribution < -0.4 is 0 Å². The number of aromatic nitrogens is 2. The van der Waals surface area contributed by atoms with E-state index in [-0.39, 0.29) is 22.6 Å². The minimum absolute atomic E-state index is 0.0857. The molecule has 0 aliphatic rings. The maximum absolute atomic E-state index is 13.6. The summed E-state index contributed by atoms with van der Waals surface area (Å²) in [5.41, 5.74) is 2.27. The Kier molecular flexibility index (Phi) is 4.45. The quantitative estimate of drug-likeness (QED) is 0.518. The van der Waals surface area contributed by atoms with E-state index in [0.717, 1.165) is 0 Å². The van der Waals surface area contributed by atoms with Gasteiger partial charge in [0.25, 0.3) is 0 Å². The van der Waals surface area contributed by atoms with Gasteiger partial charge in [-0.15, -0.1) is 0 Å². The highest BCUT2D eigenvalue weighted by Crippen LogP contribution is 2.32. The van der Waals surface area contributed by atoms with Gasteiger partial charge < -0.3 is 10.2 Å². The van der Waals surface area contributed by atoms with Crippen LogP contribution in [0.4, 0.5) is 8.78 Å². The summed E-state index contributed by atoms with van der Waals surface area (Å²) in [4.78, 5) is 8.93. The van der Waals surface area contributed by atoms with E-state index in [2.05, 4.69) is 9.97 Å². The zero-order valence-electron chi connectivity index (χ0n) is 14.5. The van der Waals surface area contributed by atoms with Gasteiger partial charge in [0.1, 0.15) is 23.1 Å². The summed E-state index contributed by atoms with van der Waals surface area (Å²) < 4.78 is 27.1. The summed E-state index contributed by atoms with van der Waals surface area (Å²) in [5, 5.41) is 20.0. The standard InChI is InChI=1S/C22H14F2N2O2/c23-13-7-9-21(27)15(11-13)17-3-1-5-19(25-17)20-6-2-4-18(26-20)16-12-14(24)8-10-22(16)28/h1-12,27-28H. The number of hydrogen-bond acceptors (Lipinski definition) is 4. The van der Waals surface area contributed by atoms with Gasteiger partial charge in [-0.1, -0.05) is 12.1 Å². The van der Waals surface area contributed by atoms with Crippen molar-refractivity contribution in [2.45, 2.75) is 0 Å². The molecule has 0 radical (unpaired) electrons. The molecule has 0 saturated heterocycles. The molecule has 0 atom stereocenters. The normalized spacial score (nSPS) is 10.8. The van der Waals surface area contributed by atoms with Crippen LogP contribution in [0.25, 0.3) is 33.9 Å². The van der Waals surface area contributed by atoms with Crippen LogP contribution in [0.2, 0.25) is 0 Å². The third-order valence-electron chi connectivity index (χ3n) is 4.23. The molecule has 2 aromatic heterocycles. The van der Waals surface area contributed by atoms with Gasteiger partial charge in [0, 0.05) is 11.1 Å². The Balaban J connectivity index is 1.78. The SMILES string of the molecule is Oc1ccc(F)cc1-c1cccc(-c2cccc(-c3cc(F)ccc3O)n2)n1. The van der Waals surface area contributed by atoms with Crippen LogP contribution in [0.3, 0.4) is 0 Å². The molecular formula is C22H14F2N2O2. The van der Waals surface area contributed by atoms with E-state index in [1.165, 1.54) is 36.4 Å². The summed E-state index contributed by atoms with van der Waals surface area (Å²) in [6.45, 7) is 0. The van der Waals surface area contributed by atoms with Gasteiger partial charge in [-0.05, 0) is 60.7 Å². The Morgan fingerprint density at radius 1 is 0.536 bits per heavy atom. The van der Waals surface area contributed by atoms with Crippen molar-refractivity contribution in [1.82, 2.24) is 9.97 Å². The lowest BCUT2D eigenvalue weighted by Crippen LogP contribution is -1.93. The van der Waals surface area contributed by atoms with E-state index >= 15 is 0 Å². The number of pyridine rings is 2. The van der Waals surface area contributed by atoms with E-state index in [9.17, 15) is 19.0 Å². The first-order valence-electron chi connectivity index (χ1n) is 8.43. The Bertz CT molecular complexity index is 1090. The molecule has 0 aliphatic carbocycles. The Labute approximate surface area is 159 Å². The van der Waals surface area contributed by atoms with Crippen molar-refractivity contribution in [3.8, 4) is 45.4 Å². The first-order chi connectivity index (χ1) is 13.5. The first-order valence-corrected chi connectivity index (χ1v) is 8.43. The lowest BCUT2D eigenvalue weighted by Gasteiger charge is -2.09. The van der Waals surface area contributed by atoms with Gasteiger partial charge in [0.15, 0.2) is 0 Å². The van der Waals surface area contributed by atoms with E-state index < -0.39 is 11.6 Å². The van der Waals surface area contributed by atoms with Gasteiger partial charge >= 0.3 is 0 Å². The molecule has 2 N–H and O–H groups in total. The fourth-order valence-electron chi connectivity index (χ4n) is 2.88. The summed E-state index contributed by atoms with van der Waals surface area (Å²) in [6, 6.07) is 17.5. The van der Waals surface area contributed by atoms with Crippen molar-refractivity contribution in [3.05, 3.63) is 84.4 Å². The highest BCUT2D eigenvalue weighted by molar-refractivity contribution is 5.72. The van der Waals surface area contributed by atoms with Crippen molar-refractivity contribution in [2.75, 3.05) is 0 Å². The minimum atomic E-state index is -0.485. The first kappa shape index (κ1) is 17.6. The largest absolute Gasteiger partial charge is 0.507 e. The molecule has 0 bridgehead atoms. The molecule has 4 nitrogen and oxygen atoms in total. The predicted molar refractivity (Wildman–Crippen MR) is 102 cm³/mol. The fraction of sp³-hybridized carbons (Fsp3) is 0. The van der Waals surface area contributed by atoms with E-state index in [0.29, 0.717) is 22.8 Å². The zero-order chi connectivity index (χ0) is 19.7. The summed E-state index contributed by atoms with van der Waals surface area (Å²) in [6.07, 6.45) is 0. The molecule has 2 heterocycles. The molecule has 2 aromatic carbocycles. The lowest BCUT2D eigenvalue weighted by molar-refractivity contribution is 0.474. The number of rotatable bonds is 3. The van der Waals surface area contributed by atoms with Crippen molar-refractivity contribution < 1.29 is 19.0 Å². The topological polar surface area (TPSA) is 66.2 Å². The molecular weight excluding hydrogens is 362 g/mol. The highest BCUT2D eigenvalue weighted by atomic mass is 19.1. The molecule has 28 heavy (non-hydrogen) atoms. The van der Waals surface area contributed by atoms with Crippen LogP contribution in [-0.2, 0) is 0 Å². The molecule has 0 spiro atoms. The number of nitrogens with zero attached hydrogens (tertiary/aromatic N) is 2. The third-order valence-corrected chi connectivity index (χ3v) is 4.23. The molecule has 0 aliphatic heterocycles. The van der Waals surface area contributed by atoms with E-state index in [1.807, 2.05) is 0 Å². The summed E-state index contributed by atoms with van der Waals surface area (Å²) >= 11 is 0.